The zero-order chi connectivity index (χ0) is 8.48. The van der Waals surface area contributed by atoms with Crippen molar-refractivity contribution in [2.45, 2.75) is 12.2 Å². The number of hydrogen-bond donors (Lipinski definition) is 1. The van der Waals surface area contributed by atoms with Gasteiger partial charge in [-0.2, -0.15) is 13.2 Å². The van der Waals surface area contributed by atoms with Gasteiger partial charge in [0.1, 0.15) is 5.01 Å². The van der Waals surface area contributed by atoms with Crippen molar-refractivity contribution in [3.63, 3.8) is 0 Å². The van der Waals surface area contributed by atoms with E-state index in [0.29, 0.717) is 0 Å². The normalized spacial score (nSPS) is 14.9. The Hall–Kier alpha value is -0.620. The van der Waals surface area contributed by atoms with Crippen molar-refractivity contribution in [2.75, 3.05) is 0 Å². The maximum Gasteiger partial charge on any atom is 0.410 e. The monoisotopic (exact) mass is 182 g/mol. The van der Waals surface area contributed by atoms with E-state index in [-0.39, 0.29) is 5.01 Å². The molecule has 0 radical (unpaired) electrons. The van der Waals surface area contributed by atoms with E-state index in [1.807, 2.05) is 0 Å². The molecule has 2 nitrogen and oxygen atoms in total. The van der Waals surface area contributed by atoms with Gasteiger partial charge in [0.05, 0.1) is 0 Å². The Morgan fingerprint density at radius 2 is 2.18 bits per heavy atom. The summed E-state index contributed by atoms with van der Waals surface area (Å²) >= 11 is 0.902. The lowest BCUT2D eigenvalue weighted by Crippen LogP contribution is -2.28. The van der Waals surface area contributed by atoms with Gasteiger partial charge >= 0.3 is 6.18 Å². The molecule has 0 aromatic carbocycles. The third-order valence-corrected chi connectivity index (χ3v) is 1.93. The van der Waals surface area contributed by atoms with Gasteiger partial charge < -0.3 is 5.73 Å². The fourth-order valence-electron chi connectivity index (χ4n) is 0.528. The molecule has 0 bridgehead atoms. The van der Waals surface area contributed by atoms with Crippen molar-refractivity contribution in [3.05, 3.63) is 16.6 Å². The highest BCUT2D eigenvalue weighted by Gasteiger charge is 2.39. The number of hydrogen-bond acceptors (Lipinski definition) is 3. The van der Waals surface area contributed by atoms with Gasteiger partial charge in [-0.15, -0.1) is 11.3 Å². The average Bonchev–Trinajstić information content (AvgIpc) is 2.34. The molecule has 0 aliphatic heterocycles. The summed E-state index contributed by atoms with van der Waals surface area (Å²) in [4.78, 5) is 3.46. The van der Waals surface area contributed by atoms with Crippen molar-refractivity contribution < 1.29 is 13.2 Å². The summed E-state index contributed by atoms with van der Waals surface area (Å²) in [6, 6.07) is -1.94. The first-order valence-electron chi connectivity index (χ1n) is 2.73. The minimum atomic E-state index is -4.39. The topological polar surface area (TPSA) is 38.9 Å². The SMILES string of the molecule is N[C@@H](c1nccs1)C(F)(F)F. The van der Waals surface area contributed by atoms with Gasteiger partial charge in [-0.25, -0.2) is 4.98 Å². The summed E-state index contributed by atoms with van der Waals surface area (Å²) in [5.41, 5.74) is 4.84. The molecule has 1 rings (SSSR count). The van der Waals surface area contributed by atoms with E-state index >= 15 is 0 Å². The van der Waals surface area contributed by atoms with Crippen LogP contribution in [0.3, 0.4) is 0 Å². The smallest absolute Gasteiger partial charge is 0.314 e. The molecule has 0 fully saturated rings. The van der Waals surface area contributed by atoms with Crippen LogP contribution in [0.5, 0.6) is 0 Å². The molecule has 62 valence electrons. The minimum absolute atomic E-state index is 0.0995. The van der Waals surface area contributed by atoms with Crippen LogP contribution in [0.15, 0.2) is 11.6 Å². The van der Waals surface area contributed by atoms with Crippen LogP contribution >= 0.6 is 11.3 Å². The first-order chi connectivity index (χ1) is 5.02. The molecule has 0 saturated heterocycles. The van der Waals surface area contributed by atoms with Crippen molar-refractivity contribution in [1.29, 1.82) is 0 Å². The molecule has 1 heterocycles. The Kier molecular flexibility index (Phi) is 2.15. The predicted octanol–water partition coefficient (Wildman–Crippen LogP) is 1.71. The number of thiazole rings is 1. The van der Waals surface area contributed by atoms with E-state index in [1.54, 1.807) is 0 Å². The highest BCUT2D eigenvalue weighted by atomic mass is 32.1. The summed E-state index contributed by atoms with van der Waals surface area (Å²) in [5, 5.41) is 1.36. The van der Waals surface area contributed by atoms with Gasteiger partial charge in [0, 0.05) is 11.6 Å². The fourth-order valence-corrected chi connectivity index (χ4v) is 1.19. The third kappa shape index (κ3) is 1.90. The second-order valence-corrected chi connectivity index (χ2v) is 2.82. The van der Waals surface area contributed by atoms with Gasteiger partial charge in [-0.3, -0.25) is 0 Å². The highest BCUT2D eigenvalue weighted by Crippen LogP contribution is 2.30. The zero-order valence-corrected chi connectivity index (χ0v) is 6.12. The number of nitrogens with two attached hydrogens (primary N) is 1. The molecule has 6 heteroatoms. The summed E-state index contributed by atoms with van der Waals surface area (Å²) < 4.78 is 35.6. The standard InChI is InChI=1S/C5H5F3N2S/c6-5(7,8)3(9)4-10-1-2-11-4/h1-3H,9H2/t3-/m0/s1. The maximum absolute atomic E-state index is 11.9. The molecular weight excluding hydrogens is 177 g/mol. The molecule has 0 saturated carbocycles. The largest absolute Gasteiger partial charge is 0.410 e. The first kappa shape index (κ1) is 8.48. The molecule has 11 heavy (non-hydrogen) atoms. The Balaban J connectivity index is 2.78. The van der Waals surface area contributed by atoms with Gasteiger partial charge in [0.15, 0.2) is 6.04 Å². The molecule has 1 aromatic rings. The van der Waals surface area contributed by atoms with E-state index in [9.17, 15) is 13.2 Å². The number of aromatic nitrogens is 1. The Labute approximate surface area is 64.9 Å². The van der Waals surface area contributed by atoms with Crippen LogP contribution in [0.25, 0.3) is 0 Å². The molecule has 0 amide bonds. The lowest BCUT2D eigenvalue weighted by Gasteiger charge is -2.11. The van der Waals surface area contributed by atoms with Crippen molar-refractivity contribution in [3.8, 4) is 0 Å². The molecule has 0 spiro atoms. The maximum atomic E-state index is 11.9. The number of nitrogens with zero attached hydrogens (tertiary/aromatic N) is 1. The summed E-state index contributed by atoms with van der Waals surface area (Å²) in [7, 11) is 0. The number of rotatable bonds is 1. The third-order valence-electron chi connectivity index (χ3n) is 1.07. The van der Waals surface area contributed by atoms with Crippen molar-refractivity contribution in [2.24, 2.45) is 5.73 Å². The van der Waals surface area contributed by atoms with Crippen LogP contribution in [-0.2, 0) is 0 Å². The van der Waals surface area contributed by atoms with E-state index in [0.717, 1.165) is 11.3 Å². The zero-order valence-electron chi connectivity index (χ0n) is 5.30. The van der Waals surface area contributed by atoms with Gasteiger partial charge in [-0.05, 0) is 0 Å². The fraction of sp³-hybridized carbons (Fsp3) is 0.400. The van der Waals surface area contributed by atoms with Crippen molar-refractivity contribution in [1.82, 2.24) is 4.98 Å². The second kappa shape index (κ2) is 2.78. The molecule has 0 aliphatic rings. The summed E-state index contributed by atoms with van der Waals surface area (Å²) in [6.45, 7) is 0. The van der Waals surface area contributed by atoms with Gasteiger partial charge in [0.25, 0.3) is 0 Å². The van der Waals surface area contributed by atoms with Crippen LogP contribution in [0.2, 0.25) is 0 Å². The highest BCUT2D eigenvalue weighted by molar-refractivity contribution is 7.09. The molecule has 2 N–H and O–H groups in total. The molecular formula is C5H5F3N2S. The molecule has 0 aliphatic carbocycles. The lowest BCUT2D eigenvalue weighted by atomic mass is 10.3. The van der Waals surface area contributed by atoms with E-state index in [1.165, 1.54) is 11.6 Å². The number of alkyl halides is 3. The predicted molar refractivity (Wildman–Crippen MR) is 35.1 cm³/mol. The van der Waals surface area contributed by atoms with Gasteiger partial charge in [-0.1, -0.05) is 0 Å². The van der Waals surface area contributed by atoms with Crippen LogP contribution in [0.4, 0.5) is 13.2 Å². The Morgan fingerprint density at radius 3 is 2.55 bits per heavy atom. The minimum Gasteiger partial charge on any atom is -0.314 e. The molecule has 1 atom stereocenters. The second-order valence-electron chi connectivity index (χ2n) is 1.89. The van der Waals surface area contributed by atoms with E-state index < -0.39 is 12.2 Å². The number of halogens is 3. The molecule has 1 aromatic heterocycles. The average molecular weight is 182 g/mol. The van der Waals surface area contributed by atoms with Gasteiger partial charge in [0.2, 0.25) is 0 Å². The summed E-state index contributed by atoms with van der Waals surface area (Å²) in [5.74, 6) is 0. The van der Waals surface area contributed by atoms with Crippen LogP contribution in [-0.4, -0.2) is 11.2 Å². The quantitative estimate of drug-likeness (QED) is 0.718. The van der Waals surface area contributed by atoms with Crippen LogP contribution in [0, 0.1) is 0 Å². The lowest BCUT2D eigenvalue weighted by molar-refractivity contribution is -0.149. The first-order valence-corrected chi connectivity index (χ1v) is 3.61. The van der Waals surface area contributed by atoms with E-state index in [4.69, 9.17) is 5.73 Å². The Bertz CT molecular complexity index is 218. The van der Waals surface area contributed by atoms with Crippen LogP contribution in [0.1, 0.15) is 11.0 Å². The molecule has 0 unspecified atom stereocenters. The Morgan fingerprint density at radius 1 is 1.55 bits per heavy atom. The van der Waals surface area contributed by atoms with Crippen molar-refractivity contribution >= 4 is 11.3 Å². The van der Waals surface area contributed by atoms with E-state index in [2.05, 4.69) is 4.98 Å². The summed E-state index contributed by atoms with van der Waals surface area (Å²) in [6.07, 6.45) is -3.09. The van der Waals surface area contributed by atoms with Crippen LogP contribution < -0.4 is 5.73 Å².